The van der Waals surface area contributed by atoms with Gasteiger partial charge in [-0.1, -0.05) is 12.1 Å². The van der Waals surface area contributed by atoms with E-state index in [2.05, 4.69) is 10.2 Å². The molecule has 0 radical (unpaired) electrons. The normalized spacial score (nSPS) is 18.8. The van der Waals surface area contributed by atoms with Crippen LogP contribution in [0.3, 0.4) is 0 Å². The molecule has 2 fully saturated rings. The molecule has 1 aliphatic carbocycles. The zero-order chi connectivity index (χ0) is 16.1. The number of carbonyl (C=O) groups excluding carboxylic acids is 1. The van der Waals surface area contributed by atoms with Gasteiger partial charge in [-0.25, -0.2) is 4.39 Å². The van der Waals surface area contributed by atoms with Crippen molar-refractivity contribution in [3.8, 4) is 0 Å². The second-order valence-electron chi connectivity index (χ2n) is 6.93. The summed E-state index contributed by atoms with van der Waals surface area (Å²) in [6.45, 7) is 2.95. The molecule has 0 unspecified atom stereocenters. The van der Waals surface area contributed by atoms with Crippen LogP contribution in [-0.4, -0.2) is 36.5 Å². The van der Waals surface area contributed by atoms with Gasteiger partial charge in [0.25, 0.3) is 0 Å². The van der Waals surface area contributed by atoms with Crippen LogP contribution in [0.1, 0.15) is 44.1 Å². The highest BCUT2D eigenvalue weighted by atomic mass is 19.1. The molecule has 1 saturated carbocycles. The lowest BCUT2D eigenvalue weighted by Crippen LogP contribution is -2.35. The van der Waals surface area contributed by atoms with Gasteiger partial charge in [-0.3, -0.25) is 4.79 Å². The second kappa shape index (κ2) is 7.91. The molecule has 3 nitrogen and oxygen atoms in total. The van der Waals surface area contributed by atoms with Gasteiger partial charge in [0.15, 0.2) is 0 Å². The van der Waals surface area contributed by atoms with E-state index < -0.39 is 0 Å². The molecule has 4 heteroatoms. The fourth-order valence-corrected chi connectivity index (χ4v) is 3.44. The van der Waals surface area contributed by atoms with Crippen molar-refractivity contribution in [2.24, 2.45) is 5.92 Å². The van der Waals surface area contributed by atoms with Crippen LogP contribution in [0.2, 0.25) is 0 Å². The fraction of sp³-hybridized carbons (Fsp3) is 0.632. The number of hydrogen-bond acceptors (Lipinski definition) is 2. The number of carbonyl (C=O) groups is 1. The first kappa shape index (κ1) is 16.4. The van der Waals surface area contributed by atoms with E-state index in [1.165, 1.54) is 25.0 Å². The Labute approximate surface area is 138 Å². The molecule has 3 rings (SSSR count). The predicted molar refractivity (Wildman–Crippen MR) is 89.7 cm³/mol. The van der Waals surface area contributed by atoms with Crippen LogP contribution in [0.4, 0.5) is 4.39 Å². The van der Waals surface area contributed by atoms with Gasteiger partial charge >= 0.3 is 0 Å². The Balaban J connectivity index is 1.47. The third-order valence-electron chi connectivity index (χ3n) is 5.09. The Hall–Kier alpha value is -1.42. The lowest BCUT2D eigenvalue weighted by Gasteiger charge is -2.26. The third-order valence-corrected chi connectivity index (χ3v) is 5.09. The average molecular weight is 318 g/mol. The van der Waals surface area contributed by atoms with Gasteiger partial charge < -0.3 is 10.2 Å². The number of rotatable bonds is 7. The quantitative estimate of drug-likeness (QED) is 0.838. The lowest BCUT2D eigenvalue weighted by atomic mass is 9.93. The molecule has 0 spiro atoms. The first-order chi connectivity index (χ1) is 11.2. The van der Waals surface area contributed by atoms with E-state index >= 15 is 0 Å². The molecule has 1 aromatic carbocycles. The van der Waals surface area contributed by atoms with E-state index in [1.54, 1.807) is 0 Å². The average Bonchev–Trinajstić information content (AvgIpc) is 3.41. The van der Waals surface area contributed by atoms with Crippen LogP contribution in [-0.2, 0) is 11.2 Å². The molecular formula is C19H27FN2O. The molecular weight excluding hydrogens is 291 g/mol. The molecule has 2 aliphatic rings. The fourth-order valence-electron chi connectivity index (χ4n) is 3.44. The minimum Gasteiger partial charge on any atom is -0.339 e. The summed E-state index contributed by atoms with van der Waals surface area (Å²) in [6, 6.07) is 7.08. The van der Waals surface area contributed by atoms with Gasteiger partial charge in [0, 0.05) is 19.0 Å². The molecule has 1 heterocycles. The highest BCUT2D eigenvalue weighted by Gasteiger charge is 2.32. The molecule has 0 aromatic heterocycles. The van der Waals surface area contributed by atoms with Crippen LogP contribution in [0.25, 0.3) is 0 Å². The van der Waals surface area contributed by atoms with Gasteiger partial charge in [-0.2, -0.15) is 0 Å². The summed E-state index contributed by atoms with van der Waals surface area (Å²) < 4.78 is 13.0. The maximum absolute atomic E-state index is 13.0. The lowest BCUT2D eigenvalue weighted by molar-refractivity contribution is -0.132. The van der Waals surface area contributed by atoms with Crippen molar-refractivity contribution < 1.29 is 9.18 Å². The van der Waals surface area contributed by atoms with E-state index in [0.29, 0.717) is 24.3 Å². The van der Waals surface area contributed by atoms with E-state index in [1.807, 2.05) is 12.1 Å². The van der Waals surface area contributed by atoms with Gasteiger partial charge in [-0.05, 0) is 75.2 Å². The standard InChI is InChI=1S/C19H27FN2O/c20-17-4-1-15(2-5-17)11-14-22(18-6-7-18)19(23)8-3-16-9-12-21-13-10-16/h1-2,4-5,16,18,21H,3,6-14H2. The van der Waals surface area contributed by atoms with Crippen LogP contribution in [0.15, 0.2) is 24.3 Å². The number of benzene rings is 1. The second-order valence-corrected chi connectivity index (χ2v) is 6.93. The molecule has 1 aliphatic heterocycles. The summed E-state index contributed by atoms with van der Waals surface area (Å²) in [6.07, 6.45) is 7.21. The number of halogens is 1. The number of piperidine rings is 1. The van der Waals surface area contributed by atoms with E-state index in [9.17, 15) is 9.18 Å². The number of nitrogens with one attached hydrogen (secondary N) is 1. The first-order valence-corrected chi connectivity index (χ1v) is 8.97. The van der Waals surface area contributed by atoms with Crippen LogP contribution in [0.5, 0.6) is 0 Å². The molecule has 1 amide bonds. The summed E-state index contributed by atoms with van der Waals surface area (Å²) in [5, 5.41) is 3.37. The van der Waals surface area contributed by atoms with Gasteiger partial charge in [0.2, 0.25) is 5.91 Å². The summed E-state index contributed by atoms with van der Waals surface area (Å²) in [5.74, 6) is 0.817. The minimum absolute atomic E-state index is 0.203. The maximum Gasteiger partial charge on any atom is 0.222 e. The van der Waals surface area contributed by atoms with Crippen LogP contribution in [0, 0.1) is 11.7 Å². The summed E-state index contributed by atoms with van der Waals surface area (Å²) in [5.41, 5.74) is 1.10. The SMILES string of the molecule is O=C(CCC1CCNCC1)N(CCc1ccc(F)cc1)C1CC1. The van der Waals surface area contributed by atoms with Crippen molar-refractivity contribution in [2.75, 3.05) is 19.6 Å². The van der Waals surface area contributed by atoms with Crippen molar-refractivity contribution in [3.63, 3.8) is 0 Å². The number of hydrogen-bond donors (Lipinski definition) is 1. The van der Waals surface area contributed by atoms with Crippen molar-refractivity contribution in [1.82, 2.24) is 10.2 Å². The van der Waals surface area contributed by atoms with E-state index in [0.717, 1.165) is 50.9 Å². The molecule has 0 bridgehead atoms. The number of amides is 1. The molecule has 1 saturated heterocycles. The third kappa shape index (κ3) is 5.03. The van der Waals surface area contributed by atoms with E-state index in [-0.39, 0.29) is 5.82 Å². The van der Waals surface area contributed by atoms with Gasteiger partial charge in [0.05, 0.1) is 0 Å². The van der Waals surface area contributed by atoms with Crippen LogP contribution >= 0.6 is 0 Å². The summed E-state index contributed by atoms with van der Waals surface area (Å²) in [7, 11) is 0. The minimum atomic E-state index is -0.203. The first-order valence-electron chi connectivity index (χ1n) is 8.97. The van der Waals surface area contributed by atoms with Crippen molar-refractivity contribution >= 4 is 5.91 Å². The van der Waals surface area contributed by atoms with Crippen LogP contribution < -0.4 is 5.32 Å². The molecule has 0 atom stereocenters. The van der Waals surface area contributed by atoms with Gasteiger partial charge in [0.1, 0.15) is 5.82 Å². The van der Waals surface area contributed by atoms with Crippen molar-refractivity contribution in [3.05, 3.63) is 35.6 Å². The smallest absolute Gasteiger partial charge is 0.222 e. The Morgan fingerprint density at radius 3 is 2.48 bits per heavy atom. The number of nitrogens with zero attached hydrogens (tertiary/aromatic N) is 1. The monoisotopic (exact) mass is 318 g/mol. The Morgan fingerprint density at radius 2 is 1.83 bits per heavy atom. The van der Waals surface area contributed by atoms with Crippen molar-refractivity contribution in [1.29, 1.82) is 0 Å². The van der Waals surface area contributed by atoms with Crippen molar-refractivity contribution in [2.45, 2.75) is 51.0 Å². The topological polar surface area (TPSA) is 32.3 Å². The Kier molecular flexibility index (Phi) is 5.65. The van der Waals surface area contributed by atoms with E-state index in [4.69, 9.17) is 0 Å². The molecule has 1 aromatic rings. The van der Waals surface area contributed by atoms with Gasteiger partial charge in [-0.15, -0.1) is 0 Å². The Morgan fingerprint density at radius 1 is 1.13 bits per heavy atom. The highest BCUT2D eigenvalue weighted by Crippen LogP contribution is 2.28. The Bertz CT molecular complexity index is 507. The zero-order valence-electron chi connectivity index (χ0n) is 13.8. The molecule has 126 valence electrons. The summed E-state index contributed by atoms with van der Waals surface area (Å²) in [4.78, 5) is 14.7. The zero-order valence-corrected chi connectivity index (χ0v) is 13.8. The molecule has 1 N–H and O–H groups in total. The highest BCUT2D eigenvalue weighted by molar-refractivity contribution is 5.76. The predicted octanol–water partition coefficient (Wildman–Crippen LogP) is 3.14. The molecule has 23 heavy (non-hydrogen) atoms. The maximum atomic E-state index is 13.0. The largest absolute Gasteiger partial charge is 0.339 e. The summed E-state index contributed by atoms with van der Waals surface area (Å²) >= 11 is 0.